The van der Waals surface area contributed by atoms with Crippen LogP contribution in [0.5, 0.6) is 0 Å². The van der Waals surface area contributed by atoms with E-state index in [0.717, 1.165) is 0 Å². The fraction of sp³-hybridized carbons (Fsp3) is 0.429. The number of carbonyl (C=O) groups excluding carboxylic acids is 2. The zero-order chi connectivity index (χ0) is 9.02. The van der Waals surface area contributed by atoms with Crippen LogP contribution < -0.4 is 5.32 Å². The lowest BCUT2D eigenvalue weighted by atomic mass is 10.4. The molecule has 1 N–H and O–H groups in total. The Morgan fingerprint density at radius 2 is 2.00 bits per heavy atom. The standard InChI is InChI=1S/C7H12N2O2.H2/c1-5(2)9(4)7(11)8-6(3)10;/h5H,3-4H2,1-2H3,(H,8,10,11);1H. The number of nitrogens with one attached hydrogen (secondary N) is 1. The number of amides is 3. The molecule has 0 aliphatic carbocycles. The van der Waals surface area contributed by atoms with Crippen molar-refractivity contribution in [2.45, 2.75) is 19.9 Å². The highest BCUT2D eigenvalue weighted by molar-refractivity contribution is 5.96. The van der Waals surface area contributed by atoms with Crippen LogP contribution in [0.2, 0.25) is 0 Å². The van der Waals surface area contributed by atoms with E-state index in [1.54, 1.807) is 13.8 Å². The van der Waals surface area contributed by atoms with Gasteiger partial charge in [-0.1, -0.05) is 0 Å². The van der Waals surface area contributed by atoms with Gasteiger partial charge in [-0.25, -0.2) is 4.79 Å². The van der Waals surface area contributed by atoms with Gasteiger partial charge in [0.1, 0.15) is 0 Å². The van der Waals surface area contributed by atoms with Crippen LogP contribution in [-0.4, -0.2) is 22.9 Å². The lowest BCUT2D eigenvalue weighted by Crippen LogP contribution is -2.41. The van der Waals surface area contributed by atoms with Crippen molar-refractivity contribution < 1.29 is 11.0 Å². The molecule has 3 amide bonds. The summed E-state index contributed by atoms with van der Waals surface area (Å²) in [5, 5.41) is 2.00. The molecule has 0 saturated heterocycles. The minimum atomic E-state index is -0.621. The smallest absolute Gasteiger partial charge is 0.320 e. The third-order valence-corrected chi connectivity index (χ3v) is 1.13. The van der Waals surface area contributed by atoms with Crippen molar-refractivity contribution in [1.29, 1.82) is 0 Å². The van der Waals surface area contributed by atoms with E-state index >= 15 is 0 Å². The third kappa shape index (κ3) is 3.60. The van der Waals surface area contributed by atoms with Crippen molar-refractivity contribution in [3.8, 4) is 0 Å². The van der Waals surface area contributed by atoms with E-state index < -0.39 is 11.9 Å². The summed E-state index contributed by atoms with van der Waals surface area (Å²) in [4.78, 5) is 22.3. The highest BCUT2D eigenvalue weighted by Gasteiger charge is 2.11. The fourth-order valence-electron chi connectivity index (χ4n) is 0.426. The van der Waals surface area contributed by atoms with Gasteiger partial charge >= 0.3 is 6.03 Å². The van der Waals surface area contributed by atoms with E-state index in [4.69, 9.17) is 0 Å². The number of hydrogen-bond acceptors (Lipinski definition) is 2. The van der Waals surface area contributed by atoms with Crippen molar-refractivity contribution >= 4 is 11.9 Å². The average Bonchev–Trinajstić information content (AvgIpc) is 1.84. The van der Waals surface area contributed by atoms with Crippen LogP contribution in [0.25, 0.3) is 0 Å². The van der Waals surface area contributed by atoms with Crippen LogP contribution in [0.15, 0.2) is 0 Å². The molecular weight excluding hydrogens is 144 g/mol. The number of urea groups is 1. The van der Waals surface area contributed by atoms with E-state index in [9.17, 15) is 9.59 Å². The molecule has 4 heteroatoms. The summed E-state index contributed by atoms with van der Waals surface area (Å²) in [6.45, 7) is 6.58. The first-order chi connectivity index (χ1) is 4.95. The van der Waals surface area contributed by atoms with Crippen LogP contribution in [-0.2, 0) is 4.79 Å². The van der Waals surface area contributed by atoms with E-state index in [2.05, 4.69) is 14.0 Å². The predicted octanol–water partition coefficient (Wildman–Crippen LogP) is 0.805. The maximum Gasteiger partial charge on any atom is 0.324 e. The van der Waals surface area contributed by atoms with Crippen molar-refractivity contribution in [2.75, 3.05) is 0 Å². The van der Waals surface area contributed by atoms with Gasteiger partial charge in [0.05, 0.1) is 0 Å². The second kappa shape index (κ2) is 3.95. The van der Waals surface area contributed by atoms with E-state index in [1.165, 1.54) is 4.90 Å². The number of imide groups is 1. The number of nitrogens with zero attached hydrogens (tertiary/aromatic N) is 1. The molecule has 0 fully saturated rings. The van der Waals surface area contributed by atoms with Crippen LogP contribution in [0.1, 0.15) is 15.3 Å². The Hall–Kier alpha value is -1.06. The zero-order valence-electron chi connectivity index (χ0n) is 6.76. The molecule has 0 atom stereocenters. The largest absolute Gasteiger partial charge is 0.324 e. The monoisotopic (exact) mass is 158 g/mol. The molecule has 0 aliphatic heterocycles. The van der Waals surface area contributed by atoms with Gasteiger partial charge in [0.25, 0.3) is 0 Å². The van der Waals surface area contributed by atoms with Gasteiger partial charge in [0.15, 0.2) is 0 Å². The molecule has 0 rings (SSSR count). The molecule has 0 heterocycles. The van der Waals surface area contributed by atoms with E-state index in [-0.39, 0.29) is 7.47 Å². The first-order valence-corrected chi connectivity index (χ1v) is 3.21. The summed E-state index contributed by atoms with van der Waals surface area (Å²) in [6, 6.07) is -0.561. The summed E-state index contributed by atoms with van der Waals surface area (Å²) in [6.07, 6.45) is 0. The summed E-state index contributed by atoms with van der Waals surface area (Å²) in [5.41, 5.74) is 0. The molecule has 4 nitrogen and oxygen atoms in total. The summed E-state index contributed by atoms with van der Waals surface area (Å²) >= 11 is 0. The zero-order valence-corrected chi connectivity index (χ0v) is 6.76. The highest BCUT2D eigenvalue weighted by atomic mass is 16.2. The van der Waals surface area contributed by atoms with Crippen molar-refractivity contribution in [3.05, 3.63) is 14.0 Å². The molecule has 0 aromatic heterocycles. The van der Waals surface area contributed by atoms with Gasteiger partial charge in [-0.3, -0.25) is 10.1 Å². The highest BCUT2D eigenvalue weighted by Crippen LogP contribution is 1.94. The molecule has 0 aromatic rings. The molecule has 0 aromatic carbocycles. The SMILES string of the molecule is [CH2]C(=O)NC(=O)N([CH2])C(C)C.[HH]. The van der Waals surface area contributed by atoms with Crippen LogP contribution in [0, 0.1) is 14.0 Å². The molecule has 0 aliphatic rings. The molecule has 0 bridgehead atoms. The van der Waals surface area contributed by atoms with Gasteiger partial charge in [0, 0.05) is 21.4 Å². The molecule has 0 spiro atoms. The average molecular weight is 158 g/mol. The summed E-state index contributed by atoms with van der Waals surface area (Å²) in [7, 11) is 3.43. The van der Waals surface area contributed by atoms with Crippen molar-refractivity contribution in [3.63, 3.8) is 0 Å². The molecular formula is C7H14N2O2. The topological polar surface area (TPSA) is 49.4 Å². The third-order valence-electron chi connectivity index (χ3n) is 1.13. The summed E-state index contributed by atoms with van der Waals surface area (Å²) < 4.78 is 0. The second-order valence-electron chi connectivity index (χ2n) is 2.42. The van der Waals surface area contributed by atoms with Crippen LogP contribution >= 0.6 is 0 Å². The normalized spacial score (nSPS) is 9.55. The first kappa shape index (κ1) is 9.94. The van der Waals surface area contributed by atoms with Gasteiger partial charge in [-0.15, -0.1) is 0 Å². The molecule has 64 valence electrons. The van der Waals surface area contributed by atoms with Gasteiger partial charge in [0.2, 0.25) is 5.91 Å². The minimum absolute atomic E-state index is 0. The summed E-state index contributed by atoms with van der Waals surface area (Å²) in [5.74, 6) is -0.621. The van der Waals surface area contributed by atoms with E-state index in [0.29, 0.717) is 0 Å². The first-order valence-electron chi connectivity index (χ1n) is 3.21. The van der Waals surface area contributed by atoms with Crippen molar-refractivity contribution in [2.24, 2.45) is 0 Å². The number of carbonyl (C=O) groups is 2. The quantitative estimate of drug-likeness (QED) is 0.613. The predicted molar refractivity (Wildman–Crippen MR) is 43.3 cm³/mol. The number of hydrogen-bond donors (Lipinski definition) is 1. The maximum atomic E-state index is 10.9. The van der Waals surface area contributed by atoms with Crippen LogP contribution in [0.3, 0.4) is 0 Å². The Bertz CT molecular complexity index is 171. The van der Waals surface area contributed by atoms with Gasteiger partial charge in [-0.05, 0) is 13.8 Å². The van der Waals surface area contributed by atoms with Gasteiger partial charge in [-0.2, -0.15) is 0 Å². The Balaban J connectivity index is 0. The van der Waals surface area contributed by atoms with Crippen LogP contribution in [0.4, 0.5) is 4.79 Å². The molecule has 11 heavy (non-hydrogen) atoms. The second-order valence-corrected chi connectivity index (χ2v) is 2.42. The lowest BCUT2D eigenvalue weighted by molar-refractivity contribution is -0.115. The van der Waals surface area contributed by atoms with Gasteiger partial charge < -0.3 is 4.90 Å². The maximum absolute atomic E-state index is 10.9. The Kier molecular flexibility index (Phi) is 3.57. The minimum Gasteiger partial charge on any atom is -0.320 e. The fourth-order valence-corrected chi connectivity index (χ4v) is 0.426. The number of rotatable bonds is 1. The Morgan fingerprint density at radius 1 is 1.55 bits per heavy atom. The molecule has 2 radical (unpaired) electrons. The lowest BCUT2D eigenvalue weighted by Gasteiger charge is -2.20. The Labute approximate surface area is 68.0 Å². The van der Waals surface area contributed by atoms with Crippen molar-refractivity contribution in [1.82, 2.24) is 10.2 Å². The molecule has 0 saturated carbocycles. The Morgan fingerprint density at radius 3 is 2.27 bits per heavy atom. The van der Waals surface area contributed by atoms with E-state index in [1.807, 2.05) is 5.32 Å². The molecule has 0 unspecified atom stereocenters.